The van der Waals surface area contributed by atoms with E-state index in [0.29, 0.717) is 12.1 Å². The summed E-state index contributed by atoms with van der Waals surface area (Å²) in [7, 11) is 0. The molecule has 0 saturated carbocycles. The second kappa shape index (κ2) is 4.25. The number of hydrogen-bond acceptors (Lipinski definition) is 2. The molecule has 0 aliphatic rings. The molecule has 0 aliphatic heterocycles. The zero-order valence-electron chi connectivity index (χ0n) is 7.00. The first-order valence-electron chi connectivity index (χ1n) is 3.78. The average molecular weight is 176 g/mol. The number of carbonyl (C=O) groups excluding carboxylic acids is 1. The van der Waals surface area contributed by atoms with Crippen LogP contribution in [0, 0.1) is 5.41 Å². The SMILES string of the molecule is N=C(N)NCc1ccccc1[C]=O. The minimum atomic E-state index is -0.110. The fourth-order valence-electron chi connectivity index (χ4n) is 0.964. The van der Waals surface area contributed by atoms with Gasteiger partial charge in [0.1, 0.15) is 0 Å². The third kappa shape index (κ3) is 2.59. The molecule has 13 heavy (non-hydrogen) atoms. The first-order chi connectivity index (χ1) is 6.24. The van der Waals surface area contributed by atoms with Gasteiger partial charge < -0.3 is 11.1 Å². The molecule has 0 atom stereocenters. The van der Waals surface area contributed by atoms with Crippen LogP contribution in [0.25, 0.3) is 0 Å². The van der Waals surface area contributed by atoms with Crippen LogP contribution in [0.5, 0.6) is 0 Å². The van der Waals surface area contributed by atoms with E-state index in [4.69, 9.17) is 11.1 Å². The lowest BCUT2D eigenvalue weighted by atomic mass is 10.1. The summed E-state index contributed by atoms with van der Waals surface area (Å²) in [4.78, 5) is 10.4. The maximum absolute atomic E-state index is 10.4. The summed E-state index contributed by atoms with van der Waals surface area (Å²) < 4.78 is 0. The van der Waals surface area contributed by atoms with Crippen LogP contribution in [0.1, 0.15) is 11.1 Å². The van der Waals surface area contributed by atoms with Crippen molar-refractivity contribution in [1.82, 2.24) is 5.32 Å². The van der Waals surface area contributed by atoms with Crippen LogP contribution in [0.3, 0.4) is 0 Å². The lowest BCUT2D eigenvalue weighted by molar-refractivity contribution is 0.562. The van der Waals surface area contributed by atoms with E-state index in [1.807, 2.05) is 12.4 Å². The third-order valence-electron chi connectivity index (χ3n) is 1.60. The molecule has 4 heteroatoms. The van der Waals surface area contributed by atoms with Crippen LogP contribution in [0.4, 0.5) is 0 Å². The van der Waals surface area contributed by atoms with Crippen LogP contribution >= 0.6 is 0 Å². The molecule has 1 radical (unpaired) electrons. The zero-order chi connectivity index (χ0) is 9.68. The molecule has 0 bridgehead atoms. The zero-order valence-corrected chi connectivity index (χ0v) is 7.00. The molecule has 1 aromatic rings. The number of rotatable bonds is 3. The normalized spacial score (nSPS) is 9.23. The Labute approximate surface area is 76.3 Å². The summed E-state index contributed by atoms with van der Waals surface area (Å²) in [5.74, 6) is -0.110. The van der Waals surface area contributed by atoms with Crippen LogP contribution in [-0.2, 0) is 11.3 Å². The van der Waals surface area contributed by atoms with E-state index in [-0.39, 0.29) is 5.96 Å². The Morgan fingerprint density at radius 2 is 2.23 bits per heavy atom. The smallest absolute Gasteiger partial charge is 0.233 e. The largest absolute Gasteiger partial charge is 0.370 e. The van der Waals surface area contributed by atoms with Crippen molar-refractivity contribution >= 4 is 12.2 Å². The molecule has 0 aliphatic carbocycles. The highest BCUT2D eigenvalue weighted by molar-refractivity contribution is 5.78. The topological polar surface area (TPSA) is 79.0 Å². The second-order valence-electron chi connectivity index (χ2n) is 2.53. The van der Waals surface area contributed by atoms with Gasteiger partial charge in [0.05, 0.1) is 0 Å². The summed E-state index contributed by atoms with van der Waals surface area (Å²) in [6.45, 7) is 0.376. The summed E-state index contributed by atoms with van der Waals surface area (Å²) in [5.41, 5.74) is 6.39. The van der Waals surface area contributed by atoms with Crippen molar-refractivity contribution in [2.45, 2.75) is 6.54 Å². The van der Waals surface area contributed by atoms with Gasteiger partial charge in [-0.1, -0.05) is 24.3 Å². The minimum Gasteiger partial charge on any atom is -0.370 e. The lowest BCUT2D eigenvalue weighted by Gasteiger charge is -2.04. The van der Waals surface area contributed by atoms with Crippen LogP contribution in [0.2, 0.25) is 0 Å². The van der Waals surface area contributed by atoms with Gasteiger partial charge in [-0.15, -0.1) is 0 Å². The highest BCUT2D eigenvalue weighted by Crippen LogP contribution is 2.04. The van der Waals surface area contributed by atoms with Crippen LogP contribution in [-0.4, -0.2) is 12.2 Å². The number of nitrogens with two attached hydrogens (primary N) is 1. The monoisotopic (exact) mass is 176 g/mol. The molecular formula is C9H10N3O. The average Bonchev–Trinajstić information content (AvgIpc) is 2.15. The fourth-order valence-corrected chi connectivity index (χ4v) is 0.964. The Kier molecular flexibility index (Phi) is 3.03. The third-order valence-corrected chi connectivity index (χ3v) is 1.60. The molecule has 67 valence electrons. The first kappa shape index (κ1) is 9.25. The Morgan fingerprint density at radius 1 is 1.54 bits per heavy atom. The van der Waals surface area contributed by atoms with E-state index >= 15 is 0 Å². The quantitative estimate of drug-likeness (QED) is 0.452. The van der Waals surface area contributed by atoms with E-state index in [2.05, 4.69) is 5.32 Å². The fraction of sp³-hybridized carbons (Fsp3) is 0.111. The maximum Gasteiger partial charge on any atom is 0.233 e. The Hall–Kier alpha value is -1.84. The van der Waals surface area contributed by atoms with Crippen molar-refractivity contribution in [1.29, 1.82) is 5.41 Å². The molecule has 0 aromatic heterocycles. The molecule has 0 amide bonds. The van der Waals surface area contributed by atoms with Crippen molar-refractivity contribution in [2.75, 3.05) is 0 Å². The second-order valence-corrected chi connectivity index (χ2v) is 2.53. The van der Waals surface area contributed by atoms with Crippen molar-refractivity contribution in [3.05, 3.63) is 35.4 Å². The van der Waals surface area contributed by atoms with E-state index in [1.54, 1.807) is 18.2 Å². The van der Waals surface area contributed by atoms with Crippen molar-refractivity contribution in [3.8, 4) is 0 Å². The van der Waals surface area contributed by atoms with Gasteiger partial charge in [0.25, 0.3) is 0 Å². The Morgan fingerprint density at radius 3 is 2.85 bits per heavy atom. The van der Waals surface area contributed by atoms with E-state index in [0.717, 1.165) is 5.56 Å². The standard InChI is InChI=1S/C9H10N3O/c10-9(11)12-5-7-3-1-2-4-8(7)6-13/h1-4H,5H2,(H4,10,11,12). The first-order valence-corrected chi connectivity index (χ1v) is 3.78. The predicted octanol–water partition coefficient (Wildman–Crippen LogP) is 0.127. The number of guanidine groups is 1. The molecule has 0 saturated heterocycles. The molecule has 4 N–H and O–H groups in total. The summed E-state index contributed by atoms with van der Waals surface area (Å²) in [6, 6.07) is 7.04. The predicted molar refractivity (Wildman–Crippen MR) is 50.0 cm³/mol. The van der Waals surface area contributed by atoms with Crippen molar-refractivity contribution in [2.24, 2.45) is 5.73 Å². The summed E-state index contributed by atoms with van der Waals surface area (Å²) in [5, 5.41) is 9.56. The van der Waals surface area contributed by atoms with Gasteiger partial charge in [-0.2, -0.15) is 0 Å². The van der Waals surface area contributed by atoms with Gasteiger partial charge in [-0.05, 0) is 5.56 Å². The molecule has 1 rings (SSSR count). The molecule has 0 fully saturated rings. The van der Waals surface area contributed by atoms with Gasteiger partial charge in [-0.3, -0.25) is 10.2 Å². The Balaban J connectivity index is 2.75. The number of hydrogen-bond donors (Lipinski definition) is 3. The molecule has 4 nitrogen and oxygen atoms in total. The van der Waals surface area contributed by atoms with E-state index < -0.39 is 0 Å². The summed E-state index contributed by atoms with van der Waals surface area (Å²) >= 11 is 0. The minimum absolute atomic E-state index is 0.110. The summed E-state index contributed by atoms with van der Waals surface area (Å²) in [6.07, 6.45) is 1.82. The lowest BCUT2D eigenvalue weighted by Crippen LogP contribution is -2.29. The van der Waals surface area contributed by atoms with Gasteiger partial charge in [0.15, 0.2) is 5.96 Å². The van der Waals surface area contributed by atoms with E-state index in [9.17, 15) is 4.79 Å². The van der Waals surface area contributed by atoms with Gasteiger partial charge >= 0.3 is 0 Å². The van der Waals surface area contributed by atoms with Crippen LogP contribution < -0.4 is 11.1 Å². The molecule has 0 spiro atoms. The van der Waals surface area contributed by atoms with E-state index in [1.165, 1.54) is 0 Å². The van der Waals surface area contributed by atoms with Crippen molar-refractivity contribution in [3.63, 3.8) is 0 Å². The molecule has 0 unspecified atom stereocenters. The van der Waals surface area contributed by atoms with Gasteiger partial charge in [-0.25, -0.2) is 0 Å². The number of benzene rings is 1. The van der Waals surface area contributed by atoms with Gasteiger partial charge in [0.2, 0.25) is 6.29 Å². The molecule has 1 aromatic carbocycles. The highest BCUT2D eigenvalue weighted by Gasteiger charge is 2.00. The maximum atomic E-state index is 10.4. The molecular weight excluding hydrogens is 166 g/mol. The highest BCUT2D eigenvalue weighted by atomic mass is 16.1. The number of nitrogens with one attached hydrogen (secondary N) is 2. The van der Waals surface area contributed by atoms with Crippen LogP contribution in [0.15, 0.2) is 24.3 Å². The van der Waals surface area contributed by atoms with Gasteiger partial charge in [0, 0.05) is 12.1 Å². The van der Waals surface area contributed by atoms with Crippen molar-refractivity contribution < 1.29 is 4.79 Å². The Bertz CT molecular complexity index is 322. The molecule has 0 heterocycles.